The van der Waals surface area contributed by atoms with E-state index in [9.17, 15) is 0 Å². The van der Waals surface area contributed by atoms with E-state index in [4.69, 9.17) is 10.5 Å². The minimum atomic E-state index is 0.0679. The molecule has 23 heavy (non-hydrogen) atoms. The van der Waals surface area contributed by atoms with Gasteiger partial charge in [0, 0.05) is 6.54 Å². The molecule has 0 spiro atoms. The van der Waals surface area contributed by atoms with Crippen molar-refractivity contribution in [1.82, 2.24) is 15.0 Å². The summed E-state index contributed by atoms with van der Waals surface area (Å²) in [6, 6.07) is 20.0. The number of rotatable bonds is 6. The van der Waals surface area contributed by atoms with Gasteiger partial charge in [-0.25, -0.2) is 4.68 Å². The molecule has 1 atom stereocenters. The van der Waals surface area contributed by atoms with Gasteiger partial charge in [-0.05, 0) is 24.6 Å². The highest BCUT2D eigenvalue weighted by atomic mass is 16.5. The molecule has 0 aliphatic rings. The molecule has 0 amide bonds. The van der Waals surface area contributed by atoms with Crippen LogP contribution < -0.4 is 10.5 Å². The second kappa shape index (κ2) is 7.07. The third-order valence-electron chi connectivity index (χ3n) is 3.83. The Balaban J connectivity index is 1.85. The van der Waals surface area contributed by atoms with Crippen molar-refractivity contribution >= 4 is 0 Å². The van der Waals surface area contributed by atoms with Crippen molar-refractivity contribution < 1.29 is 4.74 Å². The molecule has 2 aromatic carbocycles. The summed E-state index contributed by atoms with van der Waals surface area (Å²) in [5.74, 6) is 0.815. The van der Waals surface area contributed by atoms with Crippen LogP contribution in [-0.4, -0.2) is 15.0 Å². The normalized spacial score (nSPS) is 12.1. The quantitative estimate of drug-likeness (QED) is 0.760. The smallest absolute Gasteiger partial charge is 0.132 e. The van der Waals surface area contributed by atoms with E-state index in [2.05, 4.69) is 29.4 Å². The van der Waals surface area contributed by atoms with Gasteiger partial charge in [-0.3, -0.25) is 0 Å². The summed E-state index contributed by atoms with van der Waals surface area (Å²) in [5, 5.41) is 8.48. The maximum Gasteiger partial charge on any atom is 0.132 e. The molecule has 0 aliphatic heterocycles. The van der Waals surface area contributed by atoms with Crippen LogP contribution in [0.4, 0.5) is 0 Å². The van der Waals surface area contributed by atoms with E-state index in [1.54, 1.807) is 0 Å². The summed E-state index contributed by atoms with van der Waals surface area (Å²) in [6.07, 6.45) is 0. The van der Waals surface area contributed by atoms with E-state index in [-0.39, 0.29) is 6.04 Å². The highest BCUT2D eigenvalue weighted by molar-refractivity contribution is 5.23. The van der Waals surface area contributed by atoms with Crippen LogP contribution in [0, 0.1) is 0 Å². The van der Waals surface area contributed by atoms with E-state index in [0.29, 0.717) is 13.2 Å². The van der Waals surface area contributed by atoms with Crippen LogP contribution in [-0.2, 0) is 13.2 Å². The molecule has 0 radical (unpaired) electrons. The molecule has 3 aromatic rings. The summed E-state index contributed by atoms with van der Waals surface area (Å²) in [6.45, 7) is 2.83. The summed E-state index contributed by atoms with van der Waals surface area (Å²) in [7, 11) is 0. The molecule has 1 unspecified atom stereocenters. The SMILES string of the molecule is CC(c1ccccc1)n1nnc(CN)c1COc1ccccc1. The first-order chi connectivity index (χ1) is 11.3. The van der Waals surface area contributed by atoms with Gasteiger partial charge < -0.3 is 10.5 Å². The number of aromatic nitrogens is 3. The lowest BCUT2D eigenvalue weighted by Gasteiger charge is -2.16. The zero-order chi connectivity index (χ0) is 16.1. The molecule has 5 nitrogen and oxygen atoms in total. The third-order valence-corrected chi connectivity index (χ3v) is 3.83. The summed E-state index contributed by atoms with van der Waals surface area (Å²) < 4.78 is 7.75. The fraction of sp³-hybridized carbons (Fsp3) is 0.222. The van der Waals surface area contributed by atoms with Crippen LogP contribution in [0.5, 0.6) is 5.75 Å². The predicted octanol–water partition coefficient (Wildman–Crippen LogP) is 2.93. The monoisotopic (exact) mass is 308 g/mol. The Morgan fingerprint density at radius 2 is 1.70 bits per heavy atom. The number of hydrogen-bond acceptors (Lipinski definition) is 4. The Bertz CT molecular complexity index is 740. The second-order valence-corrected chi connectivity index (χ2v) is 5.32. The molecule has 1 heterocycles. The van der Waals surface area contributed by atoms with Gasteiger partial charge in [0.2, 0.25) is 0 Å². The van der Waals surface area contributed by atoms with Crippen molar-refractivity contribution in [2.75, 3.05) is 0 Å². The van der Waals surface area contributed by atoms with Gasteiger partial charge in [0.25, 0.3) is 0 Å². The van der Waals surface area contributed by atoms with Crippen molar-refractivity contribution in [3.8, 4) is 5.75 Å². The number of para-hydroxylation sites is 1. The highest BCUT2D eigenvalue weighted by Crippen LogP contribution is 2.21. The lowest BCUT2D eigenvalue weighted by Crippen LogP contribution is -2.15. The lowest BCUT2D eigenvalue weighted by molar-refractivity contribution is 0.288. The third kappa shape index (κ3) is 3.40. The Morgan fingerprint density at radius 1 is 1.04 bits per heavy atom. The van der Waals surface area contributed by atoms with E-state index >= 15 is 0 Å². The molecule has 3 rings (SSSR count). The minimum absolute atomic E-state index is 0.0679. The molecule has 5 heteroatoms. The molecule has 1 aromatic heterocycles. The molecule has 0 bridgehead atoms. The Kier molecular flexibility index (Phi) is 4.68. The van der Waals surface area contributed by atoms with Gasteiger partial charge in [-0.2, -0.15) is 0 Å². The van der Waals surface area contributed by atoms with E-state index in [0.717, 1.165) is 17.1 Å². The molecule has 0 saturated carbocycles. The van der Waals surface area contributed by atoms with Gasteiger partial charge in [-0.1, -0.05) is 53.7 Å². The summed E-state index contributed by atoms with van der Waals surface area (Å²) >= 11 is 0. The zero-order valence-electron chi connectivity index (χ0n) is 13.1. The van der Waals surface area contributed by atoms with Gasteiger partial charge in [0.05, 0.1) is 6.04 Å². The van der Waals surface area contributed by atoms with Crippen LogP contribution >= 0.6 is 0 Å². The van der Waals surface area contributed by atoms with Crippen LogP contribution in [0.1, 0.15) is 29.9 Å². The van der Waals surface area contributed by atoms with Crippen LogP contribution in [0.15, 0.2) is 60.7 Å². The van der Waals surface area contributed by atoms with Crippen molar-refractivity contribution in [3.63, 3.8) is 0 Å². The maximum absolute atomic E-state index is 5.86. The number of nitrogens with zero attached hydrogens (tertiary/aromatic N) is 3. The van der Waals surface area contributed by atoms with Crippen molar-refractivity contribution in [2.45, 2.75) is 26.1 Å². The van der Waals surface area contributed by atoms with E-state index < -0.39 is 0 Å². The molecular weight excluding hydrogens is 288 g/mol. The Labute approximate surface area is 135 Å². The maximum atomic E-state index is 5.86. The topological polar surface area (TPSA) is 66.0 Å². The fourth-order valence-corrected chi connectivity index (χ4v) is 2.51. The molecule has 118 valence electrons. The standard InChI is InChI=1S/C18H20N4O/c1-14(15-8-4-2-5-9-15)22-18(17(12-19)20-21-22)13-23-16-10-6-3-7-11-16/h2-11,14H,12-13,19H2,1H3. The fourth-order valence-electron chi connectivity index (χ4n) is 2.51. The predicted molar refractivity (Wildman–Crippen MR) is 88.9 cm³/mol. The zero-order valence-corrected chi connectivity index (χ0v) is 13.1. The van der Waals surface area contributed by atoms with Gasteiger partial charge in [-0.15, -0.1) is 5.10 Å². The molecular formula is C18H20N4O. The number of benzene rings is 2. The Hall–Kier alpha value is -2.66. The van der Waals surface area contributed by atoms with Gasteiger partial charge >= 0.3 is 0 Å². The molecule has 0 fully saturated rings. The van der Waals surface area contributed by atoms with Gasteiger partial charge in [0.1, 0.15) is 23.7 Å². The Morgan fingerprint density at radius 3 is 2.35 bits per heavy atom. The van der Waals surface area contributed by atoms with Crippen LogP contribution in [0.3, 0.4) is 0 Å². The first-order valence-electron chi connectivity index (χ1n) is 7.65. The highest BCUT2D eigenvalue weighted by Gasteiger charge is 2.18. The molecule has 0 aliphatic carbocycles. The average molecular weight is 308 g/mol. The van der Waals surface area contributed by atoms with Crippen molar-refractivity contribution in [3.05, 3.63) is 77.6 Å². The van der Waals surface area contributed by atoms with Crippen molar-refractivity contribution in [1.29, 1.82) is 0 Å². The largest absolute Gasteiger partial charge is 0.487 e. The first-order valence-corrected chi connectivity index (χ1v) is 7.65. The second-order valence-electron chi connectivity index (χ2n) is 5.32. The average Bonchev–Trinajstić information content (AvgIpc) is 3.04. The van der Waals surface area contributed by atoms with Crippen LogP contribution in [0.25, 0.3) is 0 Å². The van der Waals surface area contributed by atoms with E-state index in [1.807, 2.05) is 53.2 Å². The van der Waals surface area contributed by atoms with Gasteiger partial charge in [0.15, 0.2) is 0 Å². The number of nitrogens with two attached hydrogens (primary N) is 1. The number of ether oxygens (including phenoxy) is 1. The van der Waals surface area contributed by atoms with Crippen molar-refractivity contribution in [2.24, 2.45) is 5.73 Å². The summed E-state index contributed by atoms with van der Waals surface area (Å²) in [4.78, 5) is 0. The molecule has 0 saturated heterocycles. The molecule has 2 N–H and O–H groups in total. The van der Waals surface area contributed by atoms with Crippen LogP contribution in [0.2, 0.25) is 0 Å². The minimum Gasteiger partial charge on any atom is -0.487 e. The summed E-state index contributed by atoms with van der Waals surface area (Å²) in [5.41, 5.74) is 8.65. The lowest BCUT2D eigenvalue weighted by atomic mass is 10.1. The number of hydrogen-bond donors (Lipinski definition) is 1. The van der Waals surface area contributed by atoms with E-state index in [1.165, 1.54) is 5.56 Å². The first kappa shape index (κ1) is 15.2.